The molecule has 0 bridgehead atoms. The van der Waals surface area contributed by atoms with Crippen LogP contribution in [-0.2, 0) is 6.54 Å². The van der Waals surface area contributed by atoms with Gasteiger partial charge in [0.25, 0.3) is 5.91 Å². The van der Waals surface area contributed by atoms with Crippen LogP contribution in [0.1, 0.15) is 22.5 Å². The molecule has 0 aliphatic carbocycles. The fraction of sp³-hybridized carbons (Fsp3) is 0.304. The third-order valence-corrected chi connectivity index (χ3v) is 5.26. The van der Waals surface area contributed by atoms with E-state index < -0.39 is 0 Å². The Morgan fingerprint density at radius 3 is 2.61 bits per heavy atom. The molecule has 0 atom stereocenters. The fourth-order valence-corrected chi connectivity index (χ4v) is 3.67. The second-order valence-electron chi connectivity index (χ2n) is 7.16. The van der Waals surface area contributed by atoms with Crippen molar-refractivity contribution in [2.24, 2.45) is 0 Å². The summed E-state index contributed by atoms with van der Waals surface area (Å²) in [6.07, 6.45) is 0.968. The molecule has 0 radical (unpaired) electrons. The van der Waals surface area contributed by atoms with Crippen molar-refractivity contribution in [3.63, 3.8) is 0 Å². The van der Waals surface area contributed by atoms with Gasteiger partial charge in [-0.3, -0.25) is 9.69 Å². The summed E-state index contributed by atoms with van der Waals surface area (Å²) in [7, 11) is 1.68. The SMILES string of the molecule is COc1ccc(CN2CCCN(C(=O)c3ccc4ccccc4n3)CC2)cc1. The van der Waals surface area contributed by atoms with Crippen molar-refractivity contribution < 1.29 is 9.53 Å². The first-order chi connectivity index (χ1) is 13.7. The lowest BCUT2D eigenvalue weighted by atomic mass is 10.2. The van der Waals surface area contributed by atoms with Gasteiger partial charge in [-0.25, -0.2) is 4.98 Å². The molecular formula is C23H25N3O2. The van der Waals surface area contributed by atoms with Crippen LogP contribution in [0.3, 0.4) is 0 Å². The van der Waals surface area contributed by atoms with Gasteiger partial charge in [0.1, 0.15) is 11.4 Å². The summed E-state index contributed by atoms with van der Waals surface area (Å²) < 4.78 is 5.22. The van der Waals surface area contributed by atoms with E-state index in [0.29, 0.717) is 5.69 Å². The van der Waals surface area contributed by atoms with Gasteiger partial charge in [0.15, 0.2) is 0 Å². The van der Waals surface area contributed by atoms with E-state index in [-0.39, 0.29) is 5.91 Å². The average molecular weight is 375 g/mol. The second-order valence-corrected chi connectivity index (χ2v) is 7.16. The predicted octanol–water partition coefficient (Wildman–Crippen LogP) is 3.59. The second kappa shape index (κ2) is 8.40. The van der Waals surface area contributed by atoms with E-state index in [0.717, 1.165) is 55.8 Å². The Morgan fingerprint density at radius 2 is 1.79 bits per heavy atom. The molecule has 2 aromatic carbocycles. The molecule has 1 saturated heterocycles. The number of fused-ring (bicyclic) bond motifs is 1. The van der Waals surface area contributed by atoms with E-state index in [9.17, 15) is 4.79 Å². The predicted molar refractivity (Wildman–Crippen MR) is 111 cm³/mol. The molecule has 28 heavy (non-hydrogen) atoms. The number of carbonyl (C=O) groups is 1. The number of hydrogen-bond acceptors (Lipinski definition) is 4. The molecule has 0 N–H and O–H groups in total. The highest BCUT2D eigenvalue weighted by Crippen LogP contribution is 2.16. The van der Waals surface area contributed by atoms with Crippen LogP contribution in [0.4, 0.5) is 0 Å². The normalized spacial score (nSPS) is 15.4. The molecule has 1 aliphatic rings. The minimum absolute atomic E-state index is 0.0250. The Bertz CT molecular complexity index is 955. The third kappa shape index (κ3) is 4.15. The maximum atomic E-state index is 13.0. The molecule has 1 fully saturated rings. The molecule has 0 unspecified atom stereocenters. The third-order valence-electron chi connectivity index (χ3n) is 5.26. The molecular weight excluding hydrogens is 350 g/mol. The maximum Gasteiger partial charge on any atom is 0.272 e. The smallest absolute Gasteiger partial charge is 0.272 e. The zero-order valence-electron chi connectivity index (χ0n) is 16.2. The number of para-hydroxylation sites is 1. The molecule has 5 heteroatoms. The van der Waals surface area contributed by atoms with E-state index in [1.807, 2.05) is 53.4 Å². The summed E-state index contributed by atoms with van der Waals surface area (Å²) in [5, 5.41) is 1.06. The number of nitrogens with zero attached hydrogens (tertiary/aromatic N) is 3. The van der Waals surface area contributed by atoms with Crippen molar-refractivity contribution in [2.45, 2.75) is 13.0 Å². The summed E-state index contributed by atoms with van der Waals surface area (Å²) >= 11 is 0. The highest BCUT2D eigenvalue weighted by atomic mass is 16.5. The van der Waals surface area contributed by atoms with Gasteiger partial charge in [-0.1, -0.05) is 36.4 Å². The quantitative estimate of drug-likeness (QED) is 0.699. The Kier molecular flexibility index (Phi) is 5.53. The van der Waals surface area contributed by atoms with Crippen LogP contribution < -0.4 is 4.74 Å². The Labute approximate surface area is 165 Å². The molecule has 1 aliphatic heterocycles. The molecule has 0 saturated carbocycles. The van der Waals surface area contributed by atoms with Gasteiger partial charge in [0, 0.05) is 38.1 Å². The van der Waals surface area contributed by atoms with Crippen molar-refractivity contribution in [3.05, 3.63) is 71.9 Å². The number of benzene rings is 2. The highest BCUT2D eigenvalue weighted by Gasteiger charge is 2.21. The van der Waals surface area contributed by atoms with Gasteiger partial charge < -0.3 is 9.64 Å². The Hall–Kier alpha value is -2.92. The Morgan fingerprint density at radius 1 is 0.964 bits per heavy atom. The van der Waals surface area contributed by atoms with E-state index in [2.05, 4.69) is 22.0 Å². The molecule has 2 heterocycles. The zero-order valence-corrected chi connectivity index (χ0v) is 16.2. The highest BCUT2D eigenvalue weighted by molar-refractivity contribution is 5.94. The largest absolute Gasteiger partial charge is 0.497 e. The zero-order chi connectivity index (χ0) is 19.3. The number of rotatable bonds is 4. The van der Waals surface area contributed by atoms with Gasteiger partial charge in [0.2, 0.25) is 0 Å². The van der Waals surface area contributed by atoms with Crippen LogP contribution >= 0.6 is 0 Å². The summed E-state index contributed by atoms with van der Waals surface area (Å²) in [4.78, 5) is 21.9. The first-order valence-electron chi connectivity index (χ1n) is 9.73. The molecule has 4 rings (SSSR count). The van der Waals surface area contributed by atoms with Crippen molar-refractivity contribution in [1.82, 2.24) is 14.8 Å². The first kappa shape index (κ1) is 18.4. The van der Waals surface area contributed by atoms with Gasteiger partial charge in [-0.2, -0.15) is 0 Å². The summed E-state index contributed by atoms with van der Waals surface area (Å²) in [5.74, 6) is 0.899. The van der Waals surface area contributed by atoms with Crippen LogP contribution in [-0.4, -0.2) is 54.0 Å². The van der Waals surface area contributed by atoms with E-state index in [1.165, 1.54) is 5.56 Å². The van der Waals surface area contributed by atoms with Gasteiger partial charge >= 0.3 is 0 Å². The average Bonchev–Trinajstić information content (AvgIpc) is 2.99. The number of methoxy groups -OCH3 is 1. The van der Waals surface area contributed by atoms with E-state index in [4.69, 9.17) is 4.74 Å². The van der Waals surface area contributed by atoms with Crippen molar-refractivity contribution in [3.8, 4) is 5.75 Å². The van der Waals surface area contributed by atoms with Gasteiger partial charge in [-0.15, -0.1) is 0 Å². The lowest BCUT2D eigenvalue weighted by molar-refractivity contribution is 0.0755. The summed E-state index contributed by atoms with van der Waals surface area (Å²) in [5.41, 5.74) is 2.66. The van der Waals surface area contributed by atoms with E-state index in [1.54, 1.807) is 7.11 Å². The van der Waals surface area contributed by atoms with Crippen molar-refractivity contribution in [2.75, 3.05) is 33.3 Å². The topological polar surface area (TPSA) is 45.7 Å². The Balaban J connectivity index is 1.40. The fourth-order valence-electron chi connectivity index (χ4n) is 3.67. The maximum absolute atomic E-state index is 13.0. The first-order valence-corrected chi connectivity index (χ1v) is 9.73. The monoisotopic (exact) mass is 375 g/mol. The minimum atomic E-state index is 0.0250. The van der Waals surface area contributed by atoms with Gasteiger partial charge in [0.05, 0.1) is 12.6 Å². The van der Waals surface area contributed by atoms with Crippen LogP contribution in [0, 0.1) is 0 Å². The number of pyridine rings is 1. The number of aromatic nitrogens is 1. The molecule has 0 spiro atoms. The number of carbonyl (C=O) groups excluding carboxylic acids is 1. The summed E-state index contributed by atoms with van der Waals surface area (Å²) in [6, 6.07) is 19.9. The molecule has 1 aromatic heterocycles. The van der Waals surface area contributed by atoms with Crippen LogP contribution in [0.2, 0.25) is 0 Å². The van der Waals surface area contributed by atoms with Crippen molar-refractivity contribution in [1.29, 1.82) is 0 Å². The van der Waals surface area contributed by atoms with E-state index >= 15 is 0 Å². The molecule has 5 nitrogen and oxygen atoms in total. The van der Waals surface area contributed by atoms with Crippen LogP contribution in [0.5, 0.6) is 5.75 Å². The number of amides is 1. The molecule has 3 aromatic rings. The lowest BCUT2D eigenvalue weighted by Crippen LogP contribution is -2.35. The van der Waals surface area contributed by atoms with Crippen molar-refractivity contribution >= 4 is 16.8 Å². The summed E-state index contributed by atoms with van der Waals surface area (Å²) in [6.45, 7) is 4.24. The van der Waals surface area contributed by atoms with Crippen LogP contribution in [0.25, 0.3) is 10.9 Å². The standard InChI is InChI=1S/C23H25N3O2/c1-28-20-10-7-18(8-11-20)17-25-13-4-14-26(16-15-25)23(27)22-12-9-19-5-2-3-6-21(19)24-22/h2-3,5-12H,4,13-17H2,1H3. The van der Waals surface area contributed by atoms with Gasteiger partial charge in [-0.05, 0) is 36.2 Å². The van der Waals surface area contributed by atoms with Crippen LogP contribution in [0.15, 0.2) is 60.7 Å². The number of hydrogen-bond donors (Lipinski definition) is 0. The lowest BCUT2D eigenvalue weighted by Gasteiger charge is -2.22. The molecule has 1 amide bonds. The molecule has 144 valence electrons. The number of ether oxygens (including phenoxy) is 1. The minimum Gasteiger partial charge on any atom is -0.497 e.